The first-order valence-electron chi connectivity index (χ1n) is 7.80. The Hall–Kier alpha value is -1.81. The number of rotatable bonds is 5. The lowest BCUT2D eigenvalue weighted by atomic mass is 10.1. The van der Waals surface area contributed by atoms with Crippen molar-refractivity contribution in [3.05, 3.63) is 35.9 Å². The molecule has 0 unspecified atom stereocenters. The Labute approximate surface area is 126 Å². The Kier molecular flexibility index (Phi) is 4.55. The van der Waals surface area contributed by atoms with Gasteiger partial charge in [-0.25, -0.2) is 0 Å². The summed E-state index contributed by atoms with van der Waals surface area (Å²) >= 11 is 0. The quantitative estimate of drug-likeness (QED) is 0.917. The molecule has 4 heteroatoms. The average Bonchev–Trinajstić information content (AvgIpc) is 2.90. The summed E-state index contributed by atoms with van der Waals surface area (Å²) in [6.45, 7) is 6.17. The molecule has 4 nitrogen and oxygen atoms in total. The maximum Gasteiger partial charge on any atom is 0.236 e. The molecule has 1 N–H and O–H groups in total. The van der Waals surface area contributed by atoms with Crippen molar-refractivity contribution in [3.63, 3.8) is 0 Å². The molecule has 21 heavy (non-hydrogen) atoms. The maximum absolute atomic E-state index is 5.86. The lowest BCUT2D eigenvalue weighted by molar-refractivity contribution is 0.180. The molecule has 2 heterocycles. The molecule has 0 amide bonds. The Morgan fingerprint density at radius 2 is 1.90 bits per heavy atom. The summed E-state index contributed by atoms with van der Waals surface area (Å²) in [5, 5.41) is 7.40. The van der Waals surface area contributed by atoms with Crippen molar-refractivity contribution in [2.24, 2.45) is 0 Å². The van der Waals surface area contributed by atoms with E-state index in [4.69, 9.17) is 4.74 Å². The second-order valence-electron chi connectivity index (χ2n) is 5.65. The molecule has 1 saturated heterocycles. The summed E-state index contributed by atoms with van der Waals surface area (Å²) in [5.74, 6) is 0.728. The number of nitrogens with one attached hydrogen (secondary N) is 1. The van der Waals surface area contributed by atoms with Crippen LogP contribution in [-0.4, -0.2) is 41.3 Å². The lowest BCUT2D eigenvalue weighted by Gasteiger charge is -2.25. The fourth-order valence-corrected chi connectivity index (χ4v) is 2.86. The van der Waals surface area contributed by atoms with Crippen LogP contribution in [0.25, 0.3) is 11.3 Å². The van der Waals surface area contributed by atoms with Gasteiger partial charge >= 0.3 is 0 Å². The number of benzene rings is 1. The van der Waals surface area contributed by atoms with E-state index in [1.54, 1.807) is 0 Å². The van der Waals surface area contributed by atoms with Gasteiger partial charge in [-0.1, -0.05) is 36.8 Å². The first kappa shape index (κ1) is 14.1. The van der Waals surface area contributed by atoms with Gasteiger partial charge in [0.15, 0.2) is 0 Å². The van der Waals surface area contributed by atoms with Gasteiger partial charge in [-0.15, -0.1) is 5.10 Å². The fraction of sp³-hybridized carbons (Fsp3) is 0.471. The van der Waals surface area contributed by atoms with Gasteiger partial charge in [0.05, 0.1) is 5.69 Å². The molecule has 1 aromatic carbocycles. The molecule has 1 fully saturated rings. The summed E-state index contributed by atoms with van der Waals surface area (Å²) in [7, 11) is 0. The number of hydrogen-bond acceptors (Lipinski definition) is 3. The van der Waals surface area contributed by atoms with Crippen molar-refractivity contribution < 1.29 is 4.74 Å². The number of hydrogen-bond donors (Lipinski definition) is 1. The maximum atomic E-state index is 5.86. The average molecular weight is 285 g/mol. The molecule has 112 valence electrons. The molecule has 0 bridgehead atoms. The number of nitrogens with zero attached hydrogens (tertiary/aromatic N) is 2. The molecule has 0 aliphatic carbocycles. The summed E-state index contributed by atoms with van der Waals surface area (Å²) < 4.78 is 5.86. The van der Waals surface area contributed by atoms with Crippen molar-refractivity contribution in [2.75, 3.05) is 26.2 Å². The molecule has 0 atom stereocenters. The van der Waals surface area contributed by atoms with E-state index in [2.05, 4.69) is 34.2 Å². The Bertz CT molecular complexity index is 559. The van der Waals surface area contributed by atoms with Crippen LogP contribution in [0.5, 0.6) is 5.88 Å². The molecule has 0 saturated carbocycles. The molecular formula is C17H23N3O. The van der Waals surface area contributed by atoms with Crippen LogP contribution in [0, 0.1) is 6.92 Å². The van der Waals surface area contributed by atoms with Crippen LogP contribution in [0.3, 0.4) is 0 Å². The predicted molar refractivity (Wildman–Crippen MR) is 84.5 cm³/mol. The minimum Gasteiger partial charge on any atom is -0.475 e. The highest BCUT2D eigenvalue weighted by molar-refractivity contribution is 5.64. The van der Waals surface area contributed by atoms with Gasteiger partial charge in [0.2, 0.25) is 5.88 Å². The molecule has 0 radical (unpaired) electrons. The molecule has 2 aromatic rings. The highest BCUT2D eigenvalue weighted by Gasteiger charge is 2.13. The van der Waals surface area contributed by atoms with Crippen LogP contribution in [0.4, 0.5) is 0 Å². The van der Waals surface area contributed by atoms with Gasteiger partial charge in [-0.05, 0) is 38.4 Å². The van der Waals surface area contributed by atoms with E-state index in [-0.39, 0.29) is 0 Å². The second kappa shape index (κ2) is 6.76. The van der Waals surface area contributed by atoms with Crippen molar-refractivity contribution >= 4 is 0 Å². The number of H-pyrrole nitrogens is 1. The lowest BCUT2D eigenvalue weighted by Crippen LogP contribution is -2.33. The van der Waals surface area contributed by atoms with Crippen LogP contribution in [0.15, 0.2) is 30.3 Å². The molecular weight excluding hydrogens is 262 g/mol. The summed E-state index contributed by atoms with van der Waals surface area (Å²) in [4.78, 5) is 2.48. The van der Waals surface area contributed by atoms with Crippen LogP contribution in [-0.2, 0) is 0 Å². The van der Waals surface area contributed by atoms with Gasteiger partial charge in [-0.3, -0.25) is 10.00 Å². The van der Waals surface area contributed by atoms with Gasteiger partial charge in [0.1, 0.15) is 6.61 Å². The minimum atomic E-state index is 0.708. The molecule has 1 aliphatic heterocycles. The highest BCUT2D eigenvalue weighted by Crippen LogP contribution is 2.26. The minimum absolute atomic E-state index is 0.708. The number of likely N-dealkylation sites (tertiary alicyclic amines) is 1. The van der Waals surface area contributed by atoms with E-state index in [0.717, 1.165) is 29.2 Å². The predicted octanol–water partition coefficient (Wildman–Crippen LogP) is 3.25. The van der Waals surface area contributed by atoms with Crippen LogP contribution in [0.1, 0.15) is 24.8 Å². The standard InChI is InChI=1S/C17H23N3O/c1-14-16(15-8-4-2-5-9-15)18-19-17(14)21-13-12-20-10-6-3-7-11-20/h2,4-5,8-9H,3,6-7,10-13H2,1H3,(H,18,19). The number of piperidine rings is 1. The molecule has 1 aliphatic rings. The number of aromatic nitrogens is 2. The number of ether oxygens (including phenoxy) is 1. The van der Waals surface area contributed by atoms with E-state index in [1.807, 2.05) is 18.2 Å². The first-order chi connectivity index (χ1) is 10.3. The summed E-state index contributed by atoms with van der Waals surface area (Å²) in [6, 6.07) is 10.3. The summed E-state index contributed by atoms with van der Waals surface area (Å²) in [6.07, 6.45) is 4.01. The van der Waals surface area contributed by atoms with Crippen molar-refractivity contribution in [3.8, 4) is 17.1 Å². The highest BCUT2D eigenvalue weighted by atomic mass is 16.5. The van der Waals surface area contributed by atoms with Crippen molar-refractivity contribution in [2.45, 2.75) is 26.2 Å². The molecule has 0 spiro atoms. The van der Waals surface area contributed by atoms with Crippen molar-refractivity contribution in [1.29, 1.82) is 0 Å². The third kappa shape index (κ3) is 3.45. The Morgan fingerprint density at radius 1 is 1.14 bits per heavy atom. The summed E-state index contributed by atoms with van der Waals surface area (Å²) in [5.41, 5.74) is 3.27. The van der Waals surface area contributed by atoms with E-state index < -0.39 is 0 Å². The van der Waals surface area contributed by atoms with Crippen LogP contribution in [0.2, 0.25) is 0 Å². The third-order valence-corrected chi connectivity index (χ3v) is 4.12. The fourth-order valence-electron chi connectivity index (χ4n) is 2.86. The van der Waals surface area contributed by atoms with Gasteiger partial charge in [-0.2, -0.15) is 0 Å². The van der Waals surface area contributed by atoms with E-state index >= 15 is 0 Å². The molecule has 3 rings (SSSR count). The number of aromatic amines is 1. The van der Waals surface area contributed by atoms with Crippen LogP contribution < -0.4 is 4.74 Å². The Balaban J connectivity index is 1.58. The van der Waals surface area contributed by atoms with Gasteiger partial charge in [0.25, 0.3) is 0 Å². The first-order valence-corrected chi connectivity index (χ1v) is 7.80. The van der Waals surface area contributed by atoms with Crippen molar-refractivity contribution in [1.82, 2.24) is 15.1 Å². The Morgan fingerprint density at radius 3 is 2.67 bits per heavy atom. The topological polar surface area (TPSA) is 41.1 Å². The zero-order chi connectivity index (χ0) is 14.5. The monoisotopic (exact) mass is 285 g/mol. The van der Waals surface area contributed by atoms with E-state index in [9.17, 15) is 0 Å². The van der Waals surface area contributed by atoms with E-state index in [0.29, 0.717) is 6.61 Å². The zero-order valence-corrected chi connectivity index (χ0v) is 12.6. The van der Waals surface area contributed by atoms with Gasteiger partial charge in [0, 0.05) is 12.1 Å². The smallest absolute Gasteiger partial charge is 0.236 e. The van der Waals surface area contributed by atoms with E-state index in [1.165, 1.54) is 32.4 Å². The normalized spacial score (nSPS) is 16.0. The zero-order valence-electron chi connectivity index (χ0n) is 12.6. The van der Waals surface area contributed by atoms with Gasteiger partial charge < -0.3 is 4.74 Å². The SMILES string of the molecule is Cc1c(OCCN2CCCCC2)n[nH]c1-c1ccccc1. The van der Waals surface area contributed by atoms with Crippen LogP contribution >= 0.6 is 0 Å². The molecule has 1 aromatic heterocycles. The third-order valence-electron chi connectivity index (χ3n) is 4.12. The largest absolute Gasteiger partial charge is 0.475 e. The second-order valence-corrected chi connectivity index (χ2v) is 5.65.